The third-order valence-electron chi connectivity index (χ3n) is 4.39. The fraction of sp³-hybridized carbons (Fsp3) is 0.647. The second-order valence-corrected chi connectivity index (χ2v) is 7.89. The van der Waals surface area contributed by atoms with Crippen molar-refractivity contribution in [3.8, 4) is 0 Å². The molecular formula is C17H28N2OS. The molecule has 2 rings (SSSR count). The lowest BCUT2D eigenvalue weighted by Gasteiger charge is -2.32. The molecule has 0 spiro atoms. The van der Waals surface area contributed by atoms with E-state index < -0.39 is 10.8 Å². The minimum Gasteiger partial charge on any atom is -0.314 e. The Kier molecular flexibility index (Phi) is 6.87. The van der Waals surface area contributed by atoms with Gasteiger partial charge in [0.05, 0.1) is 0 Å². The smallest absolute Gasteiger partial charge is 0.0329 e. The van der Waals surface area contributed by atoms with Gasteiger partial charge >= 0.3 is 0 Å². The highest BCUT2D eigenvalue weighted by molar-refractivity contribution is 7.84. The minimum atomic E-state index is -0.693. The lowest BCUT2D eigenvalue weighted by molar-refractivity contribution is 0.190. The van der Waals surface area contributed by atoms with Gasteiger partial charge in [-0.2, -0.15) is 0 Å². The molecule has 0 radical (unpaired) electrons. The summed E-state index contributed by atoms with van der Waals surface area (Å²) in [5.74, 6) is 0. The maximum absolute atomic E-state index is 11.3. The lowest BCUT2D eigenvalue weighted by atomic mass is 10.0. The van der Waals surface area contributed by atoms with Gasteiger partial charge in [0.15, 0.2) is 0 Å². The van der Waals surface area contributed by atoms with E-state index in [2.05, 4.69) is 47.5 Å². The molecule has 2 atom stereocenters. The molecule has 0 aliphatic carbocycles. The summed E-state index contributed by atoms with van der Waals surface area (Å²) < 4.78 is 11.3. The van der Waals surface area contributed by atoms with Crippen LogP contribution in [0.15, 0.2) is 30.3 Å². The predicted molar refractivity (Wildman–Crippen MR) is 90.9 cm³/mol. The second-order valence-electron chi connectivity index (χ2n) is 6.09. The maximum atomic E-state index is 11.3. The van der Waals surface area contributed by atoms with E-state index in [4.69, 9.17) is 0 Å². The summed E-state index contributed by atoms with van der Waals surface area (Å²) in [6.07, 6.45) is 5.24. The largest absolute Gasteiger partial charge is 0.314 e. The van der Waals surface area contributed by atoms with Gasteiger partial charge in [0.1, 0.15) is 0 Å². The SMILES string of the molecule is CC(CCNC1CCN(Cc2ccccc2)CC1)S(C)=O. The van der Waals surface area contributed by atoms with Gasteiger partial charge in [-0.05, 0) is 44.5 Å². The molecule has 1 aliphatic heterocycles. The van der Waals surface area contributed by atoms with Gasteiger partial charge in [-0.1, -0.05) is 37.3 Å². The molecule has 0 aromatic heterocycles. The molecule has 0 saturated carbocycles. The Morgan fingerprint density at radius 3 is 2.57 bits per heavy atom. The summed E-state index contributed by atoms with van der Waals surface area (Å²) in [5.41, 5.74) is 1.41. The predicted octanol–water partition coefficient (Wildman–Crippen LogP) is 2.40. The summed E-state index contributed by atoms with van der Waals surface area (Å²) in [6.45, 7) is 6.47. The first-order chi connectivity index (χ1) is 10.1. The van der Waals surface area contributed by atoms with E-state index in [1.165, 1.54) is 31.5 Å². The molecule has 1 aromatic rings. The second kappa shape index (κ2) is 8.66. The van der Waals surface area contributed by atoms with Crippen molar-refractivity contribution >= 4 is 10.8 Å². The van der Waals surface area contributed by atoms with Crippen LogP contribution in [-0.4, -0.2) is 46.3 Å². The molecule has 0 amide bonds. The third-order valence-corrected chi connectivity index (χ3v) is 5.76. The average Bonchev–Trinajstić information content (AvgIpc) is 2.50. The fourth-order valence-electron chi connectivity index (χ4n) is 2.79. The summed E-state index contributed by atoms with van der Waals surface area (Å²) >= 11 is 0. The number of rotatable bonds is 7. The highest BCUT2D eigenvalue weighted by atomic mass is 32.2. The van der Waals surface area contributed by atoms with Crippen molar-refractivity contribution in [3.63, 3.8) is 0 Å². The van der Waals surface area contributed by atoms with E-state index >= 15 is 0 Å². The number of nitrogens with one attached hydrogen (secondary N) is 1. The molecular weight excluding hydrogens is 280 g/mol. The molecule has 21 heavy (non-hydrogen) atoms. The molecule has 1 saturated heterocycles. The highest BCUT2D eigenvalue weighted by Gasteiger charge is 2.18. The standard InChI is InChI=1S/C17H28N2OS/c1-15(21(2)20)8-11-18-17-9-12-19(13-10-17)14-16-6-4-3-5-7-16/h3-7,15,17-18H,8-14H2,1-2H3. The van der Waals surface area contributed by atoms with Gasteiger partial charge in [0.25, 0.3) is 0 Å². The Morgan fingerprint density at radius 1 is 1.29 bits per heavy atom. The van der Waals surface area contributed by atoms with Crippen LogP contribution in [0.3, 0.4) is 0 Å². The highest BCUT2D eigenvalue weighted by Crippen LogP contribution is 2.14. The van der Waals surface area contributed by atoms with Gasteiger partial charge in [0.2, 0.25) is 0 Å². The third kappa shape index (κ3) is 5.89. The summed E-state index contributed by atoms with van der Waals surface area (Å²) in [4.78, 5) is 2.54. The van der Waals surface area contributed by atoms with Crippen LogP contribution in [0, 0.1) is 0 Å². The zero-order valence-corrected chi connectivity index (χ0v) is 14.1. The first-order valence-corrected chi connectivity index (χ1v) is 9.59. The molecule has 1 N–H and O–H groups in total. The molecule has 1 heterocycles. The van der Waals surface area contributed by atoms with Crippen LogP contribution >= 0.6 is 0 Å². The van der Waals surface area contributed by atoms with Crippen molar-refractivity contribution in [3.05, 3.63) is 35.9 Å². The van der Waals surface area contributed by atoms with Crippen molar-refractivity contribution in [1.29, 1.82) is 0 Å². The van der Waals surface area contributed by atoms with E-state index in [1.54, 1.807) is 6.26 Å². The zero-order chi connectivity index (χ0) is 15.1. The summed E-state index contributed by atoms with van der Waals surface area (Å²) in [7, 11) is -0.693. The molecule has 3 nitrogen and oxygen atoms in total. The Labute approximate surface area is 131 Å². The van der Waals surface area contributed by atoms with Crippen LogP contribution in [0.4, 0.5) is 0 Å². The Hall–Kier alpha value is -0.710. The van der Waals surface area contributed by atoms with Crippen LogP contribution in [0.5, 0.6) is 0 Å². The van der Waals surface area contributed by atoms with Gasteiger partial charge < -0.3 is 5.32 Å². The van der Waals surface area contributed by atoms with Crippen LogP contribution in [0.25, 0.3) is 0 Å². The van der Waals surface area contributed by atoms with E-state index in [9.17, 15) is 4.21 Å². The molecule has 2 unspecified atom stereocenters. The number of nitrogens with zero attached hydrogens (tertiary/aromatic N) is 1. The number of hydrogen-bond donors (Lipinski definition) is 1. The van der Waals surface area contributed by atoms with Crippen molar-refractivity contribution < 1.29 is 4.21 Å². The Balaban J connectivity index is 1.63. The number of likely N-dealkylation sites (tertiary alicyclic amines) is 1. The zero-order valence-electron chi connectivity index (χ0n) is 13.3. The molecule has 1 aromatic carbocycles. The molecule has 1 fully saturated rings. The first-order valence-electron chi connectivity index (χ1n) is 7.97. The molecule has 118 valence electrons. The quantitative estimate of drug-likeness (QED) is 0.839. The van der Waals surface area contributed by atoms with Crippen LogP contribution in [-0.2, 0) is 17.3 Å². The van der Waals surface area contributed by atoms with Crippen LogP contribution < -0.4 is 5.32 Å². The van der Waals surface area contributed by atoms with E-state index in [0.717, 1.165) is 19.5 Å². The van der Waals surface area contributed by atoms with Gasteiger partial charge in [-0.3, -0.25) is 9.11 Å². The molecule has 1 aliphatic rings. The maximum Gasteiger partial charge on any atom is 0.0329 e. The summed E-state index contributed by atoms with van der Waals surface area (Å²) in [5, 5.41) is 3.93. The average molecular weight is 308 g/mol. The van der Waals surface area contributed by atoms with E-state index in [-0.39, 0.29) is 0 Å². The fourth-order valence-corrected chi connectivity index (χ4v) is 3.24. The van der Waals surface area contributed by atoms with Gasteiger partial charge in [-0.25, -0.2) is 0 Å². The summed E-state index contributed by atoms with van der Waals surface area (Å²) in [6, 6.07) is 11.3. The van der Waals surface area contributed by atoms with E-state index in [0.29, 0.717) is 11.3 Å². The Morgan fingerprint density at radius 2 is 1.95 bits per heavy atom. The topological polar surface area (TPSA) is 32.3 Å². The number of hydrogen-bond acceptors (Lipinski definition) is 3. The number of piperidine rings is 1. The van der Waals surface area contributed by atoms with Crippen molar-refractivity contribution in [2.24, 2.45) is 0 Å². The minimum absolute atomic E-state index is 0.302. The van der Waals surface area contributed by atoms with Crippen molar-refractivity contribution in [2.45, 2.75) is 44.0 Å². The lowest BCUT2D eigenvalue weighted by Crippen LogP contribution is -2.42. The van der Waals surface area contributed by atoms with Crippen molar-refractivity contribution in [2.75, 3.05) is 25.9 Å². The van der Waals surface area contributed by atoms with Crippen molar-refractivity contribution in [1.82, 2.24) is 10.2 Å². The monoisotopic (exact) mass is 308 g/mol. The van der Waals surface area contributed by atoms with Gasteiger partial charge in [-0.15, -0.1) is 0 Å². The van der Waals surface area contributed by atoms with Crippen LogP contribution in [0.2, 0.25) is 0 Å². The van der Waals surface area contributed by atoms with E-state index in [1.807, 2.05) is 0 Å². The van der Waals surface area contributed by atoms with Gasteiger partial charge in [0, 0.05) is 34.9 Å². The van der Waals surface area contributed by atoms with Crippen LogP contribution in [0.1, 0.15) is 31.7 Å². The Bertz CT molecular complexity index is 430. The molecule has 4 heteroatoms. The number of benzene rings is 1. The normalized spacial score (nSPS) is 20.3. The first kappa shape index (κ1) is 16.7. The molecule has 0 bridgehead atoms.